The number of nitrogens with zero attached hydrogens (tertiary/aromatic N) is 2. The summed E-state index contributed by atoms with van der Waals surface area (Å²) >= 11 is 0. The number of aromatic nitrogens is 1. The van der Waals surface area contributed by atoms with Gasteiger partial charge in [0.1, 0.15) is 18.5 Å². The SMILES string of the molecule is CCOC(=O)c1c(C)n(C)c2ccc(OC[C@@H](O)CN3CCc4ccccc4C3)cc12. The Morgan fingerprint density at radius 1 is 1.19 bits per heavy atom. The van der Waals surface area contributed by atoms with Gasteiger partial charge < -0.3 is 19.1 Å². The minimum absolute atomic E-state index is 0.199. The van der Waals surface area contributed by atoms with E-state index in [9.17, 15) is 9.90 Å². The smallest absolute Gasteiger partial charge is 0.340 e. The highest BCUT2D eigenvalue weighted by atomic mass is 16.5. The first-order valence-electron chi connectivity index (χ1n) is 10.8. The summed E-state index contributed by atoms with van der Waals surface area (Å²) in [5, 5.41) is 11.3. The number of ether oxygens (including phenoxy) is 2. The van der Waals surface area contributed by atoms with Crippen LogP contribution in [-0.2, 0) is 24.8 Å². The van der Waals surface area contributed by atoms with E-state index in [1.54, 1.807) is 6.92 Å². The molecule has 0 radical (unpaired) electrons. The first kappa shape index (κ1) is 21.4. The lowest BCUT2D eigenvalue weighted by atomic mass is 10.00. The lowest BCUT2D eigenvalue weighted by Gasteiger charge is -2.30. The number of aryl methyl sites for hydroxylation is 1. The molecule has 0 fully saturated rings. The van der Waals surface area contributed by atoms with Crippen LogP contribution in [0.25, 0.3) is 10.9 Å². The number of rotatable bonds is 7. The van der Waals surface area contributed by atoms with E-state index < -0.39 is 6.10 Å². The molecule has 0 saturated carbocycles. The zero-order valence-electron chi connectivity index (χ0n) is 18.4. The summed E-state index contributed by atoms with van der Waals surface area (Å²) < 4.78 is 13.1. The molecule has 31 heavy (non-hydrogen) atoms. The van der Waals surface area contributed by atoms with E-state index in [2.05, 4.69) is 29.2 Å². The minimum atomic E-state index is -0.594. The van der Waals surface area contributed by atoms with Gasteiger partial charge in [0.15, 0.2) is 0 Å². The second-order valence-electron chi connectivity index (χ2n) is 8.14. The van der Waals surface area contributed by atoms with Crippen molar-refractivity contribution in [2.75, 3.05) is 26.3 Å². The first-order chi connectivity index (χ1) is 15.0. The molecule has 0 aliphatic carbocycles. The van der Waals surface area contributed by atoms with E-state index in [-0.39, 0.29) is 12.6 Å². The normalized spacial score (nSPS) is 15.0. The molecular formula is C25H30N2O4. The van der Waals surface area contributed by atoms with Crippen LogP contribution >= 0.6 is 0 Å². The number of esters is 1. The third kappa shape index (κ3) is 4.45. The second kappa shape index (κ2) is 9.12. The van der Waals surface area contributed by atoms with Gasteiger partial charge in [0.25, 0.3) is 0 Å². The Hall–Kier alpha value is -2.83. The van der Waals surface area contributed by atoms with Gasteiger partial charge in [-0.25, -0.2) is 4.79 Å². The van der Waals surface area contributed by atoms with Crippen molar-refractivity contribution in [2.24, 2.45) is 7.05 Å². The van der Waals surface area contributed by atoms with Crippen LogP contribution in [0.4, 0.5) is 0 Å². The lowest BCUT2D eigenvalue weighted by Crippen LogP contribution is -2.38. The molecule has 0 unspecified atom stereocenters. The summed E-state index contributed by atoms with van der Waals surface area (Å²) in [5.41, 5.74) is 5.10. The van der Waals surface area contributed by atoms with Crippen molar-refractivity contribution >= 4 is 16.9 Å². The van der Waals surface area contributed by atoms with Gasteiger partial charge in [-0.2, -0.15) is 0 Å². The molecule has 1 aromatic heterocycles. The van der Waals surface area contributed by atoms with Crippen molar-refractivity contribution in [2.45, 2.75) is 32.9 Å². The number of hydrogen-bond donors (Lipinski definition) is 1. The van der Waals surface area contributed by atoms with E-state index >= 15 is 0 Å². The Labute approximate surface area is 183 Å². The number of aliphatic hydroxyl groups is 1. The van der Waals surface area contributed by atoms with Gasteiger partial charge in [0, 0.05) is 43.3 Å². The zero-order chi connectivity index (χ0) is 22.0. The van der Waals surface area contributed by atoms with Crippen LogP contribution in [0.3, 0.4) is 0 Å². The number of benzene rings is 2. The molecule has 6 nitrogen and oxygen atoms in total. The van der Waals surface area contributed by atoms with Crippen molar-refractivity contribution in [1.29, 1.82) is 0 Å². The quantitative estimate of drug-likeness (QED) is 0.591. The number of carbonyl (C=O) groups excluding carboxylic acids is 1. The number of hydrogen-bond acceptors (Lipinski definition) is 5. The fraction of sp³-hybridized carbons (Fsp3) is 0.400. The predicted molar refractivity (Wildman–Crippen MR) is 121 cm³/mol. The summed E-state index contributed by atoms with van der Waals surface area (Å²) in [6.45, 7) is 6.59. The van der Waals surface area contributed by atoms with Crippen LogP contribution in [-0.4, -0.2) is 53.0 Å². The molecular weight excluding hydrogens is 392 g/mol. The summed E-state index contributed by atoms with van der Waals surface area (Å²) in [5.74, 6) is 0.305. The second-order valence-corrected chi connectivity index (χ2v) is 8.14. The molecule has 0 amide bonds. The van der Waals surface area contributed by atoms with Crippen LogP contribution < -0.4 is 4.74 Å². The molecule has 1 N–H and O–H groups in total. The largest absolute Gasteiger partial charge is 0.491 e. The Morgan fingerprint density at radius 3 is 2.74 bits per heavy atom. The average molecular weight is 423 g/mol. The molecule has 2 aromatic carbocycles. The molecule has 3 aromatic rings. The number of β-amino-alcohol motifs (C(OH)–C–C–N with tert-alkyl or cyclic N) is 1. The highest BCUT2D eigenvalue weighted by molar-refractivity contribution is 6.06. The Bertz CT molecular complexity index is 1090. The van der Waals surface area contributed by atoms with Gasteiger partial charge in [0.2, 0.25) is 0 Å². The molecule has 4 rings (SSSR count). The maximum Gasteiger partial charge on any atom is 0.340 e. The first-order valence-corrected chi connectivity index (χ1v) is 10.8. The highest BCUT2D eigenvalue weighted by Crippen LogP contribution is 2.29. The van der Waals surface area contributed by atoms with Crippen LogP contribution in [0.1, 0.15) is 34.1 Å². The summed E-state index contributed by atoms with van der Waals surface area (Å²) in [7, 11) is 1.93. The summed E-state index contributed by atoms with van der Waals surface area (Å²) in [6, 6.07) is 14.2. The van der Waals surface area contributed by atoms with Gasteiger partial charge in [-0.3, -0.25) is 4.90 Å². The zero-order valence-corrected chi connectivity index (χ0v) is 18.4. The van der Waals surface area contributed by atoms with E-state index in [0.29, 0.717) is 24.5 Å². The third-order valence-corrected chi connectivity index (χ3v) is 6.06. The minimum Gasteiger partial charge on any atom is -0.491 e. The van der Waals surface area contributed by atoms with Gasteiger partial charge >= 0.3 is 5.97 Å². The third-order valence-electron chi connectivity index (χ3n) is 6.06. The van der Waals surface area contributed by atoms with Gasteiger partial charge in [-0.15, -0.1) is 0 Å². The fourth-order valence-electron chi connectivity index (χ4n) is 4.36. The standard InChI is InChI=1S/C25H30N2O4/c1-4-30-25(29)24-17(2)26(3)23-10-9-21(13-22(23)24)31-16-20(28)15-27-12-11-18-7-5-6-8-19(18)14-27/h5-10,13,20,28H,4,11-12,14-16H2,1-3H3/t20-/m0/s1. The molecule has 0 bridgehead atoms. The van der Waals surface area contributed by atoms with Gasteiger partial charge in [0.05, 0.1) is 12.2 Å². The van der Waals surface area contributed by atoms with E-state index in [4.69, 9.17) is 9.47 Å². The number of carbonyl (C=O) groups is 1. The highest BCUT2D eigenvalue weighted by Gasteiger charge is 2.21. The fourth-order valence-corrected chi connectivity index (χ4v) is 4.36. The molecule has 164 valence electrons. The maximum absolute atomic E-state index is 12.5. The Morgan fingerprint density at radius 2 is 1.97 bits per heavy atom. The molecule has 1 aliphatic heterocycles. The molecule has 0 saturated heterocycles. The Balaban J connectivity index is 1.42. The van der Waals surface area contributed by atoms with Crippen LogP contribution in [0, 0.1) is 6.92 Å². The maximum atomic E-state index is 12.5. The topological polar surface area (TPSA) is 63.9 Å². The van der Waals surface area contributed by atoms with Crippen LogP contribution in [0.15, 0.2) is 42.5 Å². The molecule has 6 heteroatoms. The van der Waals surface area contributed by atoms with Crippen LogP contribution in [0.2, 0.25) is 0 Å². The van der Waals surface area contributed by atoms with E-state index in [0.717, 1.165) is 36.1 Å². The van der Waals surface area contributed by atoms with Gasteiger partial charge in [-0.05, 0) is 49.6 Å². The monoisotopic (exact) mass is 422 g/mol. The van der Waals surface area contributed by atoms with Gasteiger partial charge in [-0.1, -0.05) is 24.3 Å². The molecule has 1 atom stereocenters. The molecule has 1 aliphatic rings. The number of aliphatic hydroxyl groups excluding tert-OH is 1. The summed E-state index contributed by atoms with van der Waals surface area (Å²) in [6.07, 6.45) is 0.410. The van der Waals surface area contributed by atoms with Crippen molar-refractivity contribution in [3.8, 4) is 5.75 Å². The van der Waals surface area contributed by atoms with Crippen LogP contribution in [0.5, 0.6) is 5.75 Å². The van der Waals surface area contributed by atoms with Crippen molar-refractivity contribution < 1.29 is 19.4 Å². The molecule has 0 spiro atoms. The number of fused-ring (bicyclic) bond motifs is 2. The van der Waals surface area contributed by atoms with Crippen molar-refractivity contribution in [3.63, 3.8) is 0 Å². The van der Waals surface area contributed by atoms with Crippen molar-refractivity contribution in [3.05, 3.63) is 64.8 Å². The van der Waals surface area contributed by atoms with Crippen molar-refractivity contribution in [1.82, 2.24) is 9.47 Å². The summed E-state index contributed by atoms with van der Waals surface area (Å²) in [4.78, 5) is 14.7. The average Bonchev–Trinajstić information content (AvgIpc) is 3.02. The van der Waals surface area contributed by atoms with E-state index in [1.807, 2.05) is 36.7 Å². The molecule has 2 heterocycles. The predicted octanol–water partition coefficient (Wildman–Crippen LogP) is 3.46. The Kier molecular flexibility index (Phi) is 6.30. The van der Waals surface area contributed by atoms with E-state index in [1.165, 1.54) is 11.1 Å². The lowest BCUT2D eigenvalue weighted by molar-refractivity contribution is 0.0527.